The Bertz CT molecular complexity index is 807. The van der Waals surface area contributed by atoms with E-state index in [1.807, 2.05) is 67.7 Å². The van der Waals surface area contributed by atoms with Crippen LogP contribution in [-0.2, 0) is 0 Å². The summed E-state index contributed by atoms with van der Waals surface area (Å²) in [5, 5.41) is 8.98. The van der Waals surface area contributed by atoms with Crippen LogP contribution in [0, 0.1) is 6.92 Å². The van der Waals surface area contributed by atoms with E-state index >= 15 is 0 Å². The molecule has 4 nitrogen and oxygen atoms in total. The Balaban J connectivity index is 2.18. The number of aryl methyl sites for hydroxylation is 1. The highest BCUT2D eigenvalue weighted by molar-refractivity contribution is 5.94. The van der Waals surface area contributed by atoms with Gasteiger partial charge < -0.3 is 4.57 Å². The lowest BCUT2D eigenvalue weighted by Crippen LogP contribution is -2.21. The van der Waals surface area contributed by atoms with Gasteiger partial charge in [-0.1, -0.05) is 42.5 Å². The van der Waals surface area contributed by atoms with E-state index in [1.165, 1.54) is 0 Å². The number of carbonyl (C=O) groups is 1. The zero-order valence-electron chi connectivity index (χ0n) is 12.2. The number of benzene rings is 2. The summed E-state index contributed by atoms with van der Waals surface area (Å²) >= 11 is 0. The molecule has 2 N–H and O–H groups in total. The van der Waals surface area contributed by atoms with Gasteiger partial charge in [0.05, 0.1) is 0 Å². The van der Waals surface area contributed by atoms with Gasteiger partial charge >= 0.3 is 0 Å². The Labute approximate surface area is 128 Å². The van der Waals surface area contributed by atoms with E-state index in [4.69, 9.17) is 5.21 Å². The Morgan fingerprint density at radius 3 is 2.41 bits per heavy atom. The molecule has 3 rings (SSSR count). The molecule has 0 bridgehead atoms. The molecule has 0 aliphatic carbocycles. The van der Waals surface area contributed by atoms with Gasteiger partial charge in [-0.25, -0.2) is 5.48 Å². The van der Waals surface area contributed by atoms with Crippen LogP contribution in [0.1, 0.15) is 16.1 Å². The second-order valence-corrected chi connectivity index (χ2v) is 5.08. The molecule has 1 aromatic heterocycles. The van der Waals surface area contributed by atoms with Crippen LogP contribution in [0.25, 0.3) is 16.8 Å². The molecule has 0 aliphatic rings. The number of aromatic nitrogens is 1. The number of amides is 1. The Morgan fingerprint density at radius 1 is 1.05 bits per heavy atom. The van der Waals surface area contributed by atoms with Crippen molar-refractivity contribution in [2.75, 3.05) is 0 Å². The topological polar surface area (TPSA) is 54.3 Å². The maximum Gasteiger partial charge on any atom is 0.291 e. The first-order valence-electron chi connectivity index (χ1n) is 6.99. The van der Waals surface area contributed by atoms with Crippen molar-refractivity contribution >= 4 is 5.91 Å². The summed E-state index contributed by atoms with van der Waals surface area (Å²) in [6.07, 6.45) is 1.90. The number of nitrogens with zero attached hydrogens (tertiary/aromatic N) is 1. The van der Waals surface area contributed by atoms with Crippen LogP contribution < -0.4 is 5.48 Å². The lowest BCUT2D eigenvalue weighted by atomic mass is 10.0. The highest BCUT2D eigenvalue weighted by atomic mass is 16.5. The fraction of sp³-hybridized carbons (Fsp3) is 0.0556. The van der Waals surface area contributed by atoms with Crippen LogP contribution in [0.4, 0.5) is 0 Å². The van der Waals surface area contributed by atoms with Crippen molar-refractivity contribution in [3.63, 3.8) is 0 Å². The molecule has 3 aromatic rings. The van der Waals surface area contributed by atoms with Gasteiger partial charge in [-0.15, -0.1) is 0 Å². The minimum atomic E-state index is -0.538. The van der Waals surface area contributed by atoms with Crippen LogP contribution >= 0.6 is 0 Å². The Hall–Kier alpha value is -2.85. The van der Waals surface area contributed by atoms with Gasteiger partial charge in [-0.3, -0.25) is 10.0 Å². The molecule has 0 radical (unpaired) electrons. The van der Waals surface area contributed by atoms with Crippen molar-refractivity contribution < 1.29 is 10.0 Å². The maximum atomic E-state index is 12.0. The predicted molar refractivity (Wildman–Crippen MR) is 85.2 cm³/mol. The van der Waals surface area contributed by atoms with E-state index < -0.39 is 5.91 Å². The van der Waals surface area contributed by atoms with Crippen molar-refractivity contribution in [1.29, 1.82) is 0 Å². The maximum absolute atomic E-state index is 12.0. The molecule has 0 saturated carbocycles. The van der Waals surface area contributed by atoms with E-state index in [9.17, 15) is 4.79 Å². The van der Waals surface area contributed by atoms with E-state index in [0.717, 1.165) is 22.4 Å². The second-order valence-electron chi connectivity index (χ2n) is 5.08. The smallest absolute Gasteiger partial charge is 0.291 e. The first kappa shape index (κ1) is 14.1. The first-order valence-corrected chi connectivity index (χ1v) is 6.99. The van der Waals surface area contributed by atoms with Crippen molar-refractivity contribution in [1.82, 2.24) is 10.0 Å². The van der Waals surface area contributed by atoms with Crippen LogP contribution in [0.3, 0.4) is 0 Å². The summed E-state index contributed by atoms with van der Waals surface area (Å²) in [5.74, 6) is -0.538. The van der Waals surface area contributed by atoms with E-state index in [1.54, 1.807) is 16.1 Å². The van der Waals surface area contributed by atoms with Crippen LogP contribution in [0.15, 0.2) is 66.9 Å². The van der Waals surface area contributed by atoms with Crippen molar-refractivity contribution in [3.8, 4) is 16.8 Å². The third-order valence-corrected chi connectivity index (χ3v) is 3.64. The van der Waals surface area contributed by atoms with E-state index in [-0.39, 0.29) is 0 Å². The lowest BCUT2D eigenvalue weighted by Gasteiger charge is -2.07. The summed E-state index contributed by atoms with van der Waals surface area (Å²) in [4.78, 5) is 12.0. The number of rotatable bonds is 3. The molecule has 0 aliphatic heterocycles. The summed E-state index contributed by atoms with van der Waals surface area (Å²) in [7, 11) is 0. The molecule has 1 heterocycles. The first-order chi connectivity index (χ1) is 10.7. The van der Waals surface area contributed by atoms with E-state index in [2.05, 4.69) is 0 Å². The lowest BCUT2D eigenvalue weighted by molar-refractivity contribution is 0.0699. The molecule has 4 heteroatoms. The minimum Gasteiger partial charge on any atom is -0.312 e. The Morgan fingerprint density at radius 2 is 1.73 bits per heavy atom. The van der Waals surface area contributed by atoms with Crippen LogP contribution in [-0.4, -0.2) is 15.7 Å². The molecule has 0 atom stereocenters. The summed E-state index contributed by atoms with van der Waals surface area (Å²) in [6.45, 7) is 2.03. The zero-order valence-corrected chi connectivity index (χ0v) is 12.2. The number of para-hydroxylation sites is 1. The van der Waals surface area contributed by atoms with Gasteiger partial charge in [-0.05, 0) is 36.2 Å². The van der Waals surface area contributed by atoms with E-state index in [0.29, 0.717) is 5.69 Å². The predicted octanol–water partition coefficient (Wildman–Crippen LogP) is 3.57. The average molecular weight is 292 g/mol. The number of hydrogen-bond donors (Lipinski definition) is 2. The zero-order chi connectivity index (χ0) is 15.5. The number of hydroxylamine groups is 1. The molecule has 0 spiro atoms. The van der Waals surface area contributed by atoms with Crippen molar-refractivity contribution in [2.24, 2.45) is 0 Å². The van der Waals surface area contributed by atoms with Gasteiger partial charge in [0.15, 0.2) is 0 Å². The summed E-state index contributed by atoms with van der Waals surface area (Å²) in [5.41, 5.74) is 6.07. The highest BCUT2D eigenvalue weighted by Gasteiger charge is 2.15. The van der Waals surface area contributed by atoms with Gasteiger partial charge in [0.2, 0.25) is 0 Å². The van der Waals surface area contributed by atoms with Crippen molar-refractivity contribution in [3.05, 3.63) is 78.1 Å². The minimum absolute atomic E-state index is 0.381. The Kier molecular flexibility index (Phi) is 3.76. The molecule has 22 heavy (non-hydrogen) atoms. The largest absolute Gasteiger partial charge is 0.312 e. The molecular formula is C18H16N2O2. The summed E-state index contributed by atoms with van der Waals surface area (Å²) in [6, 6.07) is 19.3. The van der Waals surface area contributed by atoms with Crippen molar-refractivity contribution in [2.45, 2.75) is 6.92 Å². The molecule has 110 valence electrons. The third-order valence-electron chi connectivity index (χ3n) is 3.64. The molecule has 0 fully saturated rings. The number of nitrogens with one attached hydrogen (secondary N) is 1. The monoisotopic (exact) mass is 292 g/mol. The van der Waals surface area contributed by atoms with Gasteiger partial charge in [-0.2, -0.15) is 0 Å². The third kappa shape index (κ3) is 2.52. The second kappa shape index (κ2) is 5.87. The highest BCUT2D eigenvalue weighted by Crippen LogP contribution is 2.27. The summed E-state index contributed by atoms with van der Waals surface area (Å²) < 4.78 is 1.77. The molecular weight excluding hydrogens is 276 g/mol. The number of carbonyl (C=O) groups excluding carboxylic acids is 1. The quantitative estimate of drug-likeness (QED) is 0.573. The standard InChI is InChI=1S/C18H16N2O2/c1-13-7-5-6-10-16(13)14-11-17(18(21)19-22)20(12-14)15-8-3-2-4-9-15/h2-12,22H,1H3,(H,19,21). The SMILES string of the molecule is Cc1ccccc1-c1cc(C(=O)NO)n(-c2ccccc2)c1. The fourth-order valence-corrected chi connectivity index (χ4v) is 2.54. The molecule has 0 unspecified atom stereocenters. The number of hydrogen-bond acceptors (Lipinski definition) is 2. The average Bonchev–Trinajstić information content (AvgIpc) is 3.00. The van der Waals surface area contributed by atoms with Crippen LogP contribution in [0.5, 0.6) is 0 Å². The van der Waals surface area contributed by atoms with Gasteiger partial charge in [0, 0.05) is 17.4 Å². The van der Waals surface area contributed by atoms with Crippen LogP contribution in [0.2, 0.25) is 0 Å². The fourth-order valence-electron chi connectivity index (χ4n) is 2.54. The van der Waals surface area contributed by atoms with Gasteiger partial charge in [0.1, 0.15) is 5.69 Å². The van der Waals surface area contributed by atoms with Gasteiger partial charge in [0.25, 0.3) is 5.91 Å². The molecule has 2 aromatic carbocycles. The molecule has 0 saturated heterocycles. The molecule has 1 amide bonds. The normalized spacial score (nSPS) is 10.5.